The highest BCUT2D eigenvalue weighted by Crippen LogP contribution is 2.11. The maximum Gasteiger partial charge on any atom is 0.128 e. The van der Waals surface area contributed by atoms with Crippen LogP contribution in [0.2, 0.25) is 0 Å². The first kappa shape index (κ1) is 10.8. The van der Waals surface area contributed by atoms with Crippen molar-refractivity contribution in [3.8, 4) is 0 Å². The van der Waals surface area contributed by atoms with Crippen LogP contribution in [0.25, 0.3) is 0 Å². The van der Waals surface area contributed by atoms with E-state index in [1.54, 1.807) is 23.0 Å². The summed E-state index contributed by atoms with van der Waals surface area (Å²) < 4.78 is 15.1. The first-order valence-electron chi connectivity index (χ1n) is 5.18. The summed E-state index contributed by atoms with van der Waals surface area (Å²) in [6.45, 7) is 2.32. The van der Waals surface area contributed by atoms with Crippen LogP contribution in [-0.4, -0.2) is 9.78 Å². The standard InChI is InChI=1S/C12H14FN3/c1-9(14)11-6-15-16(8-11)7-10-4-2-3-5-12(10)13/h2-6,8-9H,7,14H2,1H3/t9-/m1/s1. The van der Waals surface area contributed by atoms with Crippen molar-refractivity contribution in [2.24, 2.45) is 5.73 Å². The Hall–Kier alpha value is -1.68. The average Bonchev–Trinajstić information content (AvgIpc) is 2.70. The normalized spacial score (nSPS) is 12.7. The molecule has 0 saturated heterocycles. The molecule has 4 heteroatoms. The second kappa shape index (κ2) is 4.45. The number of nitrogens with zero attached hydrogens (tertiary/aromatic N) is 2. The highest BCUT2D eigenvalue weighted by atomic mass is 19.1. The number of aromatic nitrogens is 2. The Kier molecular flexibility index (Phi) is 3.01. The molecule has 2 rings (SSSR count). The lowest BCUT2D eigenvalue weighted by Crippen LogP contribution is -2.04. The summed E-state index contributed by atoms with van der Waals surface area (Å²) in [5, 5.41) is 4.14. The smallest absolute Gasteiger partial charge is 0.128 e. The van der Waals surface area contributed by atoms with Crippen molar-refractivity contribution in [2.75, 3.05) is 0 Å². The Balaban J connectivity index is 2.18. The van der Waals surface area contributed by atoms with Gasteiger partial charge in [0.15, 0.2) is 0 Å². The minimum Gasteiger partial charge on any atom is -0.324 e. The Morgan fingerprint density at radius 2 is 2.19 bits per heavy atom. The second-order valence-corrected chi connectivity index (χ2v) is 3.85. The molecular weight excluding hydrogens is 205 g/mol. The van der Waals surface area contributed by atoms with Crippen molar-refractivity contribution in [3.05, 3.63) is 53.6 Å². The molecule has 0 radical (unpaired) electrons. The van der Waals surface area contributed by atoms with Crippen LogP contribution in [0.1, 0.15) is 24.1 Å². The van der Waals surface area contributed by atoms with Gasteiger partial charge in [-0.2, -0.15) is 5.10 Å². The van der Waals surface area contributed by atoms with Crippen LogP contribution in [0.4, 0.5) is 4.39 Å². The number of rotatable bonds is 3. The predicted molar refractivity (Wildman–Crippen MR) is 60.3 cm³/mol. The minimum absolute atomic E-state index is 0.0469. The third-order valence-corrected chi connectivity index (χ3v) is 2.47. The molecule has 0 bridgehead atoms. The number of nitrogens with two attached hydrogens (primary N) is 1. The first-order chi connectivity index (χ1) is 7.66. The summed E-state index contributed by atoms with van der Waals surface area (Å²) in [6.07, 6.45) is 3.56. The van der Waals surface area contributed by atoms with E-state index < -0.39 is 0 Å². The summed E-state index contributed by atoms with van der Waals surface area (Å²) in [5.41, 5.74) is 7.30. The molecule has 3 nitrogen and oxygen atoms in total. The topological polar surface area (TPSA) is 43.8 Å². The van der Waals surface area contributed by atoms with Crippen LogP contribution in [0, 0.1) is 5.82 Å². The fourth-order valence-corrected chi connectivity index (χ4v) is 1.50. The van der Waals surface area contributed by atoms with Gasteiger partial charge in [0.2, 0.25) is 0 Å². The molecule has 84 valence electrons. The van der Waals surface area contributed by atoms with E-state index in [0.29, 0.717) is 12.1 Å². The van der Waals surface area contributed by atoms with E-state index in [1.165, 1.54) is 6.07 Å². The van der Waals surface area contributed by atoms with E-state index in [2.05, 4.69) is 5.10 Å². The molecule has 0 aliphatic carbocycles. The van der Waals surface area contributed by atoms with E-state index in [0.717, 1.165) is 5.56 Å². The SMILES string of the molecule is C[C@@H](N)c1cnn(Cc2ccccc2F)c1. The molecule has 0 fully saturated rings. The molecule has 1 heterocycles. The monoisotopic (exact) mass is 219 g/mol. The largest absolute Gasteiger partial charge is 0.324 e. The van der Waals surface area contributed by atoms with Crippen molar-refractivity contribution in [3.63, 3.8) is 0 Å². The van der Waals surface area contributed by atoms with Crippen molar-refractivity contribution in [2.45, 2.75) is 19.5 Å². The molecule has 0 aliphatic rings. The summed E-state index contributed by atoms with van der Waals surface area (Å²) in [6, 6.07) is 6.65. The number of benzene rings is 1. The summed E-state index contributed by atoms with van der Waals surface area (Å²) in [4.78, 5) is 0. The summed E-state index contributed by atoms with van der Waals surface area (Å²) >= 11 is 0. The van der Waals surface area contributed by atoms with Gasteiger partial charge >= 0.3 is 0 Å². The van der Waals surface area contributed by atoms with Gasteiger partial charge in [-0.1, -0.05) is 18.2 Å². The molecule has 0 saturated carbocycles. The van der Waals surface area contributed by atoms with E-state index in [-0.39, 0.29) is 11.9 Å². The van der Waals surface area contributed by atoms with Gasteiger partial charge in [0.1, 0.15) is 5.82 Å². The van der Waals surface area contributed by atoms with E-state index >= 15 is 0 Å². The fourth-order valence-electron chi connectivity index (χ4n) is 1.50. The average molecular weight is 219 g/mol. The maximum atomic E-state index is 13.4. The molecule has 2 N–H and O–H groups in total. The zero-order valence-corrected chi connectivity index (χ0v) is 9.10. The highest BCUT2D eigenvalue weighted by molar-refractivity contribution is 5.18. The molecule has 2 aromatic rings. The van der Waals surface area contributed by atoms with Crippen molar-refractivity contribution in [1.29, 1.82) is 0 Å². The van der Waals surface area contributed by atoms with Crippen LogP contribution >= 0.6 is 0 Å². The summed E-state index contributed by atoms with van der Waals surface area (Å²) in [7, 11) is 0. The number of halogens is 1. The van der Waals surface area contributed by atoms with E-state index in [9.17, 15) is 4.39 Å². The van der Waals surface area contributed by atoms with Crippen molar-refractivity contribution >= 4 is 0 Å². The van der Waals surface area contributed by atoms with Gasteiger partial charge in [-0.25, -0.2) is 4.39 Å². The van der Waals surface area contributed by atoms with Gasteiger partial charge in [0.25, 0.3) is 0 Å². The Bertz CT molecular complexity index is 477. The van der Waals surface area contributed by atoms with Gasteiger partial charge in [-0.05, 0) is 13.0 Å². The van der Waals surface area contributed by atoms with Gasteiger partial charge in [-0.3, -0.25) is 4.68 Å². The molecule has 0 amide bonds. The molecule has 1 aromatic carbocycles. The van der Waals surface area contributed by atoms with Crippen LogP contribution in [0.3, 0.4) is 0 Å². The van der Waals surface area contributed by atoms with Crippen LogP contribution in [0.15, 0.2) is 36.7 Å². The Morgan fingerprint density at radius 1 is 1.44 bits per heavy atom. The third kappa shape index (κ3) is 2.28. The fraction of sp³-hybridized carbons (Fsp3) is 0.250. The lowest BCUT2D eigenvalue weighted by Gasteiger charge is -2.03. The quantitative estimate of drug-likeness (QED) is 0.859. The van der Waals surface area contributed by atoms with Gasteiger partial charge in [-0.15, -0.1) is 0 Å². The predicted octanol–water partition coefficient (Wildman–Crippen LogP) is 2.09. The highest BCUT2D eigenvalue weighted by Gasteiger charge is 2.05. The molecular formula is C12H14FN3. The molecule has 0 unspecified atom stereocenters. The number of hydrogen-bond acceptors (Lipinski definition) is 2. The van der Waals surface area contributed by atoms with Gasteiger partial charge in [0.05, 0.1) is 12.7 Å². The van der Waals surface area contributed by atoms with Crippen molar-refractivity contribution in [1.82, 2.24) is 9.78 Å². The maximum absolute atomic E-state index is 13.4. The Labute approximate surface area is 93.7 Å². The molecule has 0 aliphatic heterocycles. The number of hydrogen-bond donors (Lipinski definition) is 1. The van der Waals surface area contributed by atoms with E-state index in [1.807, 2.05) is 19.2 Å². The minimum atomic E-state index is -0.208. The molecule has 0 spiro atoms. The zero-order valence-electron chi connectivity index (χ0n) is 9.10. The van der Waals surface area contributed by atoms with Gasteiger partial charge in [0, 0.05) is 23.4 Å². The molecule has 1 aromatic heterocycles. The summed E-state index contributed by atoms with van der Waals surface area (Å²) in [5.74, 6) is -0.208. The van der Waals surface area contributed by atoms with Crippen molar-refractivity contribution < 1.29 is 4.39 Å². The van der Waals surface area contributed by atoms with E-state index in [4.69, 9.17) is 5.73 Å². The first-order valence-corrected chi connectivity index (χ1v) is 5.18. The van der Waals surface area contributed by atoms with Crippen LogP contribution in [-0.2, 0) is 6.54 Å². The van der Waals surface area contributed by atoms with Crippen LogP contribution < -0.4 is 5.73 Å². The second-order valence-electron chi connectivity index (χ2n) is 3.85. The zero-order chi connectivity index (χ0) is 11.5. The molecule has 1 atom stereocenters. The Morgan fingerprint density at radius 3 is 2.81 bits per heavy atom. The van der Waals surface area contributed by atoms with Gasteiger partial charge < -0.3 is 5.73 Å². The lowest BCUT2D eigenvalue weighted by atomic mass is 10.2. The lowest BCUT2D eigenvalue weighted by molar-refractivity contribution is 0.585. The van der Waals surface area contributed by atoms with Crippen LogP contribution in [0.5, 0.6) is 0 Å². The molecule has 16 heavy (non-hydrogen) atoms. The third-order valence-electron chi connectivity index (χ3n) is 2.47.